The third-order valence-electron chi connectivity index (χ3n) is 4.13. The molecule has 0 radical (unpaired) electrons. The number of aromatic nitrogens is 1. The molecule has 0 bridgehead atoms. The third kappa shape index (κ3) is 4.73. The van der Waals surface area contributed by atoms with Gasteiger partial charge in [-0.25, -0.2) is 18.2 Å². The van der Waals surface area contributed by atoms with E-state index in [2.05, 4.69) is 4.98 Å². The second-order valence-corrected chi connectivity index (χ2v) is 9.54. The van der Waals surface area contributed by atoms with Crippen LogP contribution < -0.4 is 0 Å². The first-order chi connectivity index (χ1) is 12.8. The van der Waals surface area contributed by atoms with Crippen molar-refractivity contribution in [1.29, 1.82) is 0 Å². The van der Waals surface area contributed by atoms with Gasteiger partial charge in [-0.2, -0.15) is 4.31 Å². The minimum atomic E-state index is -3.63. The normalized spacial score (nSPS) is 21.1. The number of hydrogen-bond acceptors (Lipinski definition) is 7. The molecule has 0 amide bonds. The molecule has 2 aromatic rings. The number of rotatable bonds is 5. The highest BCUT2D eigenvalue weighted by Crippen LogP contribution is 2.22. The Balaban J connectivity index is 1.67. The first kappa shape index (κ1) is 19.9. The maximum atomic E-state index is 12.8. The third-order valence-corrected chi connectivity index (χ3v) is 6.80. The Bertz CT molecular complexity index is 898. The van der Waals surface area contributed by atoms with Crippen LogP contribution in [-0.4, -0.2) is 49.0 Å². The monoisotopic (exact) mass is 410 g/mol. The van der Waals surface area contributed by atoms with Gasteiger partial charge in [0.2, 0.25) is 10.0 Å². The Morgan fingerprint density at radius 1 is 1.26 bits per heavy atom. The number of carbonyl (C=O) groups excluding carboxylic acids is 1. The largest absolute Gasteiger partial charge is 0.456 e. The average Bonchev–Trinajstić information content (AvgIpc) is 3.04. The van der Waals surface area contributed by atoms with Crippen LogP contribution in [0.3, 0.4) is 0 Å². The van der Waals surface area contributed by atoms with E-state index < -0.39 is 16.0 Å². The number of hydrogen-bond donors (Lipinski definition) is 0. The van der Waals surface area contributed by atoms with E-state index in [1.807, 2.05) is 26.2 Å². The van der Waals surface area contributed by atoms with Crippen LogP contribution in [0.25, 0.3) is 0 Å². The number of morpholine rings is 1. The number of nitrogens with zero attached hydrogens (tertiary/aromatic N) is 2. The van der Waals surface area contributed by atoms with Crippen molar-refractivity contribution in [3.63, 3.8) is 0 Å². The fourth-order valence-corrected chi connectivity index (χ4v) is 5.12. The van der Waals surface area contributed by atoms with Gasteiger partial charge in [-0.1, -0.05) is 0 Å². The first-order valence-electron chi connectivity index (χ1n) is 8.59. The quantitative estimate of drug-likeness (QED) is 0.705. The average molecular weight is 411 g/mol. The molecule has 1 aromatic heterocycles. The fraction of sp³-hybridized carbons (Fsp3) is 0.444. The van der Waals surface area contributed by atoms with Gasteiger partial charge >= 0.3 is 5.97 Å². The second-order valence-electron chi connectivity index (χ2n) is 6.54. The van der Waals surface area contributed by atoms with Crippen molar-refractivity contribution in [2.75, 3.05) is 13.1 Å². The zero-order valence-corrected chi connectivity index (χ0v) is 17.0. The van der Waals surface area contributed by atoms with E-state index in [1.165, 1.54) is 39.9 Å². The van der Waals surface area contributed by atoms with Crippen LogP contribution in [0.2, 0.25) is 0 Å². The number of esters is 1. The van der Waals surface area contributed by atoms with E-state index in [0.717, 1.165) is 5.01 Å². The highest BCUT2D eigenvalue weighted by Gasteiger charge is 2.32. The first-order valence-corrected chi connectivity index (χ1v) is 10.9. The van der Waals surface area contributed by atoms with Crippen molar-refractivity contribution in [3.8, 4) is 0 Å². The van der Waals surface area contributed by atoms with E-state index in [0.29, 0.717) is 24.3 Å². The van der Waals surface area contributed by atoms with Crippen molar-refractivity contribution >= 4 is 27.3 Å². The van der Waals surface area contributed by atoms with Crippen molar-refractivity contribution < 1.29 is 22.7 Å². The summed E-state index contributed by atoms with van der Waals surface area (Å²) in [5.74, 6) is -0.516. The van der Waals surface area contributed by atoms with Gasteiger partial charge in [-0.05, 0) is 45.0 Å². The molecule has 1 saturated heterocycles. The van der Waals surface area contributed by atoms with Crippen LogP contribution in [0.4, 0.5) is 0 Å². The molecule has 0 spiro atoms. The van der Waals surface area contributed by atoms with E-state index in [-0.39, 0.29) is 23.7 Å². The number of aryl methyl sites for hydroxylation is 1. The molecule has 1 aliphatic rings. The van der Waals surface area contributed by atoms with E-state index in [4.69, 9.17) is 9.47 Å². The Kier molecular flexibility index (Phi) is 5.95. The molecule has 9 heteroatoms. The lowest BCUT2D eigenvalue weighted by atomic mass is 10.2. The molecule has 2 heterocycles. The molecule has 0 aliphatic carbocycles. The van der Waals surface area contributed by atoms with Crippen LogP contribution in [0.1, 0.15) is 34.9 Å². The Hall–Kier alpha value is -1.81. The van der Waals surface area contributed by atoms with Crippen LogP contribution in [-0.2, 0) is 26.1 Å². The summed E-state index contributed by atoms with van der Waals surface area (Å²) in [4.78, 5) is 16.5. The Morgan fingerprint density at radius 3 is 2.44 bits per heavy atom. The summed E-state index contributed by atoms with van der Waals surface area (Å²) in [6.45, 7) is 6.28. The zero-order chi connectivity index (χ0) is 19.6. The van der Waals surface area contributed by atoms with Gasteiger partial charge in [0.1, 0.15) is 6.61 Å². The number of carbonyl (C=O) groups is 1. The Morgan fingerprint density at radius 2 is 1.89 bits per heavy atom. The molecule has 7 nitrogen and oxygen atoms in total. The molecule has 2 atom stereocenters. The van der Waals surface area contributed by atoms with E-state index in [9.17, 15) is 13.2 Å². The van der Waals surface area contributed by atoms with Crippen molar-refractivity contribution in [1.82, 2.24) is 9.29 Å². The summed E-state index contributed by atoms with van der Waals surface area (Å²) < 4.78 is 37.9. The molecule has 3 rings (SSSR count). The molecule has 1 aliphatic heterocycles. The summed E-state index contributed by atoms with van der Waals surface area (Å²) in [7, 11) is -3.63. The highest BCUT2D eigenvalue weighted by molar-refractivity contribution is 7.89. The molecule has 0 saturated carbocycles. The number of thiazole rings is 1. The highest BCUT2D eigenvalue weighted by atomic mass is 32.2. The number of benzene rings is 1. The van der Waals surface area contributed by atoms with Gasteiger partial charge in [-0.15, -0.1) is 11.3 Å². The molecule has 0 unspecified atom stereocenters. The van der Waals surface area contributed by atoms with E-state index in [1.54, 1.807) is 0 Å². The van der Waals surface area contributed by atoms with Crippen molar-refractivity contribution in [3.05, 3.63) is 45.9 Å². The van der Waals surface area contributed by atoms with Gasteiger partial charge in [0, 0.05) is 18.5 Å². The van der Waals surface area contributed by atoms with Gasteiger partial charge in [0.05, 0.1) is 33.4 Å². The smallest absolute Gasteiger partial charge is 0.338 e. The second kappa shape index (κ2) is 8.05. The minimum Gasteiger partial charge on any atom is -0.456 e. The van der Waals surface area contributed by atoms with Gasteiger partial charge < -0.3 is 9.47 Å². The summed E-state index contributed by atoms with van der Waals surface area (Å²) in [5.41, 5.74) is 0.991. The summed E-state index contributed by atoms with van der Waals surface area (Å²) in [6, 6.07) is 5.80. The number of ether oxygens (including phenoxy) is 2. The lowest BCUT2D eigenvalue weighted by molar-refractivity contribution is -0.0440. The molecule has 1 aromatic carbocycles. The van der Waals surface area contributed by atoms with Crippen molar-refractivity contribution in [2.24, 2.45) is 0 Å². The molecule has 146 valence electrons. The van der Waals surface area contributed by atoms with Crippen LogP contribution in [0.5, 0.6) is 0 Å². The molecular weight excluding hydrogens is 388 g/mol. The van der Waals surface area contributed by atoms with Gasteiger partial charge in [-0.3, -0.25) is 0 Å². The predicted octanol–water partition coefficient (Wildman–Crippen LogP) is 2.61. The standard InChI is InChI=1S/C18H22N2O5S2/c1-12-8-20(9-13(2)25-12)27(22,23)17-6-4-15(5-7-17)18(21)24-10-16-11-26-14(3)19-16/h4-7,11-13H,8-10H2,1-3H3/t12-,13+. The van der Waals surface area contributed by atoms with Crippen LogP contribution in [0, 0.1) is 6.92 Å². The summed E-state index contributed by atoms with van der Waals surface area (Å²) in [5, 5.41) is 2.74. The fourth-order valence-electron chi connectivity index (χ4n) is 2.94. The molecular formula is C18H22N2O5S2. The van der Waals surface area contributed by atoms with Crippen molar-refractivity contribution in [2.45, 2.75) is 44.5 Å². The maximum Gasteiger partial charge on any atom is 0.338 e. The summed E-state index contributed by atoms with van der Waals surface area (Å²) in [6.07, 6.45) is -0.320. The van der Waals surface area contributed by atoms with Gasteiger partial charge in [0.25, 0.3) is 0 Å². The topological polar surface area (TPSA) is 85.8 Å². The van der Waals surface area contributed by atoms with Crippen LogP contribution >= 0.6 is 11.3 Å². The SMILES string of the molecule is Cc1nc(COC(=O)c2ccc(S(=O)(=O)N3C[C@@H](C)O[C@@H](C)C3)cc2)cs1. The van der Waals surface area contributed by atoms with Gasteiger partial charge in [0.15, 0.2) is 0 Å². The molecule has 1 fully saturated rings. The predicted molar refractivity (Wildman–Crippen MR) is 101 cm³/mol. The zero-order valence-electron chi connectivity index (χ0n) is 15.4. The molecule has 27 heavy (non-hydrogen) atoms. The Labute approximate surface area is 163 Å². The number of sulfonamides is 1. The summed E-state index contributed by atoms with van der Waals surface area (Å²) >= 11 is 1.49. The maximum absolute atomic E-state index is 12.8. The lowest BCUT2D eigenvalue weighted by Gasteiger charge is -2.34. The van der Waals surface area contributed by atoms with Crippen LogP contribution in [0.15, 0.2) is 34.5 Å². The molecule has 0 N–H and O–H groups in total. The minimum absolute atomic E-state index is 0.0901. The lowest BCUT2D eigenvalue weighted by Crippen LogP contribution is -2.48. The van der Waals surface area contributed by atoms with E-state index >= 15 is 0 Å².